The maximum atomic E-state index is 12.9. The molecule has 28 heavy (non-hydrogen) atoms. The summed E-state index contributed by atoms with van der Waals surface area (Å²) in [6.07, 6.45) is 11.3. The average Bonchev–Trinajstić information content (AvgIpc) is 3.53. The Kier molecular flexibility index (Phi) is 4.43. The van der Waals surface area contributed by atoms with Gasteiger partial charge in [0.15, 0.2) is 5.82 Å². The van der Waals surface area contributed by atoms with Crippen LogP contribution >= 0.6 is 0 Å². The van der Waals surface area contributed by atoms with Crippen LogP contribution in [0, 0.1) is 0 Å². The molecule has 0 bridgehead atoms. The fourth-order valence-electron chi connectivity index (χ4n) is 4.47. The summed E-state index contributed by atoms with van der Waals surface area (Å²) in [5.41, 5.74) is 1.64. The van der Waals surface area contributed by atoms with Crippen LogP contribution in [0.15, 0.2) is 52.1 Å². The lowest BCUT2D eigenvalue weighted by Gasteiger charge is -2.15. The van der Waals surface area contributed by atoms with E-state index in [9.17, 15) is 4.79 Å². The number of likely N-dealkylation sites (tertiary alicyclic amines) is 1. The van der Waals surface area contributed by atoms with Gasteiger partial charge in [0, 0.05) is 37.3 Å². The van der Waals surface area contributed by atoms with Crippen LogP contribution in [0.25, 0.3) is 0 Å². The maximum absolute atomic E-state index is 12.9. The van der Waals surface area contributed by atoms with Crippen LogP contribution in [0.1, 0.15) is 71.1 Å². The van der Waals surface area contributed by atoms with Gasteiger partial charge in [-0.1, -0.05) is 24.1 Å². The van der Waals surface area contributed by atoms with E-state index < -0.39 is 0 Å². The standard InChI is InChI=1S/C21H22N4O3/c26-21(16-7-9-27-13-16)25-11-17(15-6-3-8-22-10-15)18(12-25)20-23-19(24-28-20)14-4-1-2-5-14/h3,6-10,13-14,17-18H,1-2,4-5,11-12H2/t17-,18+/m0/s1. The molecule has 1 saturated heterocycles. The van der Waals surface area contributed by atoms with E-state index in [0.29, 0.717) is 30.5 Å². The van der Waals surface area contributed by atoms with Crippen molar-refractivity contribution in [2.24, 2.45) is 0 Å². The number of amides is 1. The van der Waals surface area contributed by atoms with Gasteiger partial charge < -0.3 is 13.8 Å². The Labute approximate surface area is 162 Å². The van der Waals surface area contributed by atoms with Crippen molar-refractivity contribution in [3.63, 3.8) is 0 Å². The lowest BCUT2D eigenvalue weighted by atomic mass is 9.90. The summed E-state index contributed by atoms with van der Waals surface area (Å²) < 4.78 is 10.8. The zero-order valence-electron chi connectivity index (χ0n) is 15.5. The lowest BCUT2D eigenvalue weighted by Crippen LogP contribution is -2.28. The van der Waals surface area contributed by atoms with Gasteiger partial charge >= 0.3 is 0 Å². The van der Waals surface area contributed by atoms with Crippen LogP contribution in [-0.2, 0) is 0 Å². The van der Waals surface area contributed by atoms with Crippen LogP contribution in [0.3, 0.4) is 0 Å². The number of hydrogen-bond acceptors (Lipinski definition) is 6. The van der Waals surface area contributed by atoms with Crippen LogP contribution in [0.4, 0.5) is 0 Å². The van der Waals surface area contributed by atoms with Crippen LogP contribution < -0.4 is 0 Å². The molecule has 2 aliphatic rings. The van der Waals surface area contributed by atoms with Crippen molar-refractivity contribution in [2.75, 3.05) is 13.1 Å². The number of pyridine rings is 1. The molecule has 1 amide bonds. The fraction of sp³-hybridized carbons (Fsp3) is 0.429. The number of hydrogen-bond donors (Lipinski definition) is 0. The van der Waals surface area contributed by atoms with Crippen molar-refractivity contribution >= 4 is 5.91 Å². The van der Waals surface area contributed by atoms with Gasteiger partial charge in [-0.15, -0.1) is 0 Å². The monoisotopic (exact) mass is 378 g/mol. The maximum Gasteiger partial charge on any atom is 0.257 e. The van der Waals surface area contributed by atoms with Gasteiger partial charge in [0.1, 0.15) is 6.26 Å². The van der Waals surface area contributed by atoms with Gasteiger partial charge in [-0.3, -0.25) is 9.78 Å². The molecule has 2 fully saturated rings. The summed E-state index contributed by atoms with van der Waals surface area (Å²) in [5.74, 6) is 1.83. The minimum atomic E-state index is -0.0410. The molecule has 3 aromatic heterocycles. The minimum Gasteiger partial charge on any atom is -0.472 e. The van der Waals surface area contributed by atoms with Crippen molar-refractivity contribution in [1.82, 2.24) is 20.0 Å². The second-order valence-corrected chi connectivity index (χ2v) is 7.69. The van der Waals surface area contributed by atoms with Crippen LogP contribution in [-0.4, -0.2) is 39.0 Å². The van der Waals surface area contributed by atoms with Crippen molar-refractivity contribution in [3.8, 4) is 0 Å². The van der Waals surface area contributed by atoms with E-state index in [2.05, 4.69) is 10.1 Å². The summed E-state index contributed by atoms with van der Waals surface area (Å²) in [4.78, 5) is 23.7. The Morgan fingerprint density at radius 3 is 2.75 bits per heavy atom. The van der Waals surface area contributed by atoms with E-state index >= 15 is 0 Å². The molecule has 0 aromatic carbocycles. The Balaban J connectivity index is 1.44. The first kappa shape index (κ1) is 17.2. The van der Waals surface area contributed by atoms with Crippen molar-refractivity contribution < 1.29 is 13.7 Å². The molecule has 0 radical (unpaired) electrons. The van der Waals surface area contributed by atoms with Crippen molar-refractivity contribution in [2.45, 2.75) is 43.4 Å². The summed E-state index contributed by atoms with van der Waals surface area (Å²) >= 11 is 0. The Morgan fingerprint density at radius 2 is 2.00 bits per heavy atom. The summed E-state index contributed by atoms with van der Waals surface area (Å²) in [6, 6.07) is 5.66. The molecule has 0 spiro atoms. The normalized spacial score (nSPS) is 22.8. The molecule has 2 atom stereocenters. The van der Waals surface area contributed by atoms with E-state index in [1.165, 1.54) is 25.4 Å². The average molecular weight is 378 g/mol. The third kappa shape index (κ3) is 3.10. The number of carbonyl (C=O) groups is 1. The molecular weight excluding hydrogens is 356 g/mol. The zero-order chi connectivity index (χ0) is 18.9. The quantitative estimate of drug-likeness (QED) is 0.687. The third-order valence-electron chi connectivity index (χ3n) is 5.98. The highest BCUT2D eigenvalue weighted by molar-refractivity contribution is 5.94. The topological polar surface area (TPSA) is 85.3 Å². The van der Waals surface area contributed by atoms with E-state index in [-0.39, 0.29) is 17.7 Å². The highest BCUT2D eigenvalue weighted by atomic mass is 16.5. The molecule has 144 valence electrons. The predicted octanol–water partition coefficient (Wildman–Crippen LogP) is 3.74. The van der Waals surface area contributed by atoms with E-state index in [1.807, 2.05) is 23.2 Å². The highest BCUT2D eigenvalue weighted by Gasteiger charge is 2.41. The van der Waals surface area contributed by atoms with Gasteiger partial charge in [0.05, 0.1) is 17.7 Å². The SMILES string of the molecule is O=C(c1ccoc1)N1C[C@@H](c2cccnc2)[C@H](c2nc(C3CCCC3)no2)C1. The Hall–Kier alpha value is -2.96. The molecule has 7 nitrogen and oxygen atoms in total. The summed E-state index contributed by atoms with van der Waals surface area (Å²) in [7, 11) is 0. The molecular formula is C21H22N4O3. The second-order valence-electron chi connectivity index (χ2n) is 7.69. The van der Waals surface area contributed by atoms with Crippen LogP contribution in [0.5, 0.6) is 0 Å². The Morgan fingerprint density at radius 1 is 1.14 bits per heavy atom. The number of aromatic nitrogens is 3. The van der Waals surface area contributed by atoms with Gasteiger partial charge in [-0.05, 0) is 30.5 Å². The first-order valence-electron chi connectivity index (χ1n) is 9.84. The largest absolute Gasteiger partial charge is 0.472 e. The number of carbonyl (C=O) groups excluding carboxylic acids is 1. The van der Waals surface area contributed by atoms with Crippen LogP contribution in [0.2, 0.25) is 0 Å². The molecule has 0 unspecified atom stereocenters. The first-order chi connectivity index (χ1) is 13.8. The van der Waals surface area contributed by atoms with Crippen molar-refractivity contribution in [3.05, 3.63) is 66.0 Å². The Bertz CT molecular complexity index is 932. The molecule has 5 rings (SSSR count). The predicted molar refractivity (Wildman–Crippen MR) is 99.8 cm³/mol. The first-order valence-corrected chi connectivity index (χ1v) is 9.84. The van der Waals surface area contributed by atoms with Gasteiger partial charge in [-0.25, -0.2) is 0 Å². The highest BCUT2D eigenvalue weighted by Crippen LogP contribution is 2.40. The van der Waals surface area contributed by atoms with E-state index in [1.54, 1.807) is 12.3 Å². The zero-order valence-corrected chi connectivity index (χ0v) is 15.5. The lowest BCUT2D eigenvalue weighted by molar-refractivity contribution is 0.0787. The van der Waals surface area contributed by atoms with Crippen molar-refractivity contribution in [1.29, 1.82) is 0 Å². The third-order valence-corrected chi connectivity index (χ3v) is 5.98. The van der Waals surface area contributed by atoms with E-state index in [0.717, 1.165) is 24.2 Å². The fourth-order valence-corrected chi connectivity index (χ4v) is 4.47. The number of rotatable bonds is 4. The minimum absolute atomic E-state index is 0.0392. The molecule has 4 heterocycles. The van der Waals surface area contributed by atoms with Gasteiger partial charge in [0.2, 0.25) is 5.89 Å². The number of furan rings is 1. The molecule has 1 saturated carbocycles. The smallest absolute Gasteiger partial charge is 0.257 e. The van der Waals surface area contributed by atoms with E-state index in [4.69, 9.17) is 13.9 Å². The number of nitrogens with zero attached hydrogens (tertiary/aromatic N) is 4. The van der Waals surface area contributed by atoms with Gasteiger partial charge in [0.25, 0.3) is 5.91 Å². The summed E-state index contributed by atoms with van der Waals surface area (Å²) in [5, 5.41) is 4.27. The molecule has 3 aromatic rings. The molecule has 1 aliphatic heterocycles. The molecule has 1 aliphatic carbocycles. The second kappa shape index (κ2) is 7.22. The summed E-state index contributed by atoms with van der Waals surface area (Å²) in [6.45, 7) is 1.12. The molecule has 7 heteroatoms. The molecule has 0 N–H and O–H groups in total. The van der Waals surface area contributed by atoms with Gasteiger partial charge in [-0.2, -0.15) is 4.98 Å².